The Balaban J connectivity index is 1.32. The molecule has 0 spiro atoms. The Kier molecular flexibility index (Phi) is 15.0. The van der Waals surface area contributed by atoms with E-state index in [2.05, 4.69) is 12.7 Å². The van der Waals surface area contributed by atoms with E-state index in [1.807, 2.05) is 30.0 Å². The third-order valence-corrected chi connectivity index (χ3v) is 13.1. The summed E-state index contributed by atoms with van der Waals surface area (Å²) in [6.45, 7) is 6.64. The van der Waals surface area contributed by atoms with E-state index in [9.17, 15) is 25.1 Å². The number of aliphatic hydroxyl groups is 2. The molecule has 4 aromatic carbocycles. The topological polar surface area (TPSA) is 189 Å². The number of rotatable bonds is 22. The number of carbonyl (C=O) groups excluding carboxylic acids is 2. The number of carbonyl (C=O) groups is 2. The second kappa shape index (κ2) is 21.4. The Bertz CT molecular complexity index is 2490. The van der Waals surface area contributed by atoms with Gasteiger partial charge < -0.3 is 43.6 Å². The van der Waals surface area contributed by atoms with Crippen LogP contribution in [-0.4, -0.2) is 82.9 Å². The number of benzene rings is 4. The number of aliphatic hydroxyl groups excluding tert-OH is 2. The Hall–Kier alpha value is -6.55. The predicted octanol–water partition coefficient (Wildman–Crippen LogP) is 9.31. The van der Waals surface area contributed by atoms with Gasteiger partial charge in [0.15, 0.2) is 11.5 Å². The molecule has 6 atom stereocenters. The maximum Gasteiger partial charge on any atom is 0.269 e. The van der Waals surface area contributed by atoms with E-state index in [1.54, 1.807) is 60.7 Å². The van der Waals surface area contributed by atoms with Crippen molar-refractivity contribution in [3.05, 3.63) is 142 Å². The molecular formula is C52H57N3O12. The molecule has 4 aromatic rings. The first kappa shape index (κ1) is 47.0. The number of nitro benzene ring substituents is 1. The van der Waals surface area contributed by atoms with Gasteiger partial charge in [0.2, 0.25) is 12.6 Å². The first-order valence-corrected chi connectivity index (χ1v) is 23.1. The number of hydrogen-bond donors (Lipinski definition) is 2. The second-order valence-corrected chi connectivity index (χ2v) is 17.3. The molecule has 0 saturated heterocycles. The third kappa shape index (κ3) is 9.95. The number of fused-ring (bicyclic) bond motifs is 3. The molecule has 8 rings (SSSR count). The van der Waals surface area contributed by atoms with Crippen molar-refractivity contribution in [3.63, 3.8) is 0 Å². The van der Waals surface area contributed by atoms with E-state index in [4.69, 9.17) is 33.7 Å². The molecule has 0 bridgehead atoms. The van der Waals surface area contributed by atoms with Crippen molar-refractivity contribution in [3.8, 4) is 28.7 Å². The summed E-state index contributed by atoms with van der Waals surface area (Å²) in [6, 6.07) is 23.1. The predicted molar refractivity (Wildman–Crippen MR) is 249 cm³/mol. The fourth-order valence-electron chi connectivity index (χ4n) is 10.2. The average Bonchev–Trinajstić information content (AvgIpc) is 3.82. The minimum atomic E-state index is -1.50. The smallest absolute Gasteiger partial charge is 0.269 e. The molecule has 1 saturated carbocycles. The van der Waals surface area contributed by atoms with Crippen LogP contribution in [0.2, 0.25) is 0 Å². The van der Waals surface area contributed by atoms with Crippen LogP contribution in [0.3, 0.4) is 0 Å². The maximum atomic E-state index is 15.2. The number of oxime groups is 1. The average molecular weight is 916 g/mol. The SMILES string of the molecule is C=CCOC12Oc3ccc(Oc4cccc(C=O)c4)cc3C3C(CCCCO)C(CCCCO)C=C(C(=NOCc4ccc([N+](=O)[O-])cc4)CC1N(CCC)C(=O)c1ccc4c(c1)OCO4)C32. The van der Waals surface area contributed by atoms with Crippen LogP contribution in [0.15, 0.2) is 114 Å². The van der Waals surface area contributed by atoms with Gasteiger partial charge in [0, 0.05) is 60.9 Å². The molecule has 6 unspecified atom stereocenters. The van der Waals surface area contributed by atoms with Gasteiger partial charge >= 0.3 is 0 Å². The van der Waals surface area contributed by atoms with Gasteiger partial charge in [0.05, 0.1) is 23.2 Å². The van der Waals surface area contributed by atoms with Gasteiger partial charge in [0.1, 0.15) is 36.2 Å². The zero-order chi connectivity index (χ0) is 46.9. The van der Waals surface area contributed by atoms with Crippen molar-refractivity contribution in [2.75, 3.05) is 33.2 Å². The van der Waals surface area contributed by atoms with E-state index in [1.165, 1.54) is 12.1 Å². The van der Waals surface area contributed by atoms with E-state index in [0.29, 0.717) is 77.0 Å². The number of allylic oxidation sites excluding steroid dienone is 1. The molecule has 2 aliphatic heterocycles. The fourth-order valence-corrected chi connectivity index (χ4v) is 10.2. The van der Waals surface area contributed by atoms with Crippen LogP contribution in [0.1, 0.15) is 96.1 Å². The van der Waals surface area contributed by atoms with E-state index < -0.39 is 22.7 Å². The highest BCUT2D eigenvalue weighted by atomic mass is 16.7. The number of aldehydes is 1. The van der Waals surface area contributed by atoms with Crippen LogP contribution in [0.25, 0.3) is 0 Å². The summed E-state index contributed by atoms with van der Waals surface area (Å²) in [5, 5.41) is 36.3. The number of amides is 1. The van der Waals surface area contributed by atoms with Crippen molar-refractivity contribution < 1.29 is 53.2 Å². The van der Waals surface area contributed by atoms with E-state index in [0.717, 1.165) is 43.1 Å². The summed E-state index contributed by atoms with van der Waals surface area (Å²) in [7, 11) is 0. The monoisotopic (exact) mass is 915 g/mol. The Morgan fingerprint density at radius 1 is 0.955 bits per heavy atom. The summed E-state index contributed by atoms with van der Waals surface area (Å²) in [4.78, 5) is 45.8. The van der Waals surface area contributed by atoms with Crippen molar-refractivity contribution >= 4 is 23.6 Å². The van der Waals surface area contributed by atoms with E-state index >= 15 is 4.79 Å². The Morgan fingerprint density at radius 3 is 2.46 bits per heavy atom. The molecule has 0 aromatic heterocycles. The number of non-ortho nitro benzene ring substituents is 1. The van der Waals surface area contributed by atoms with Gasteiger partial charge in [-0.2, -0.15) is 0 Å². The molecule has 352 valence electrons. The minimum absolute atomic E-state index is 0.0168. The van der Waals surface area contributed by atoms with Crippen molar-refractivity contribution in [1.82, 2.24) is 4.90 Å². The normalized spacial score (nSPS) is 22.7. The molecular weight excluding hydrogens is 859 g/mol. The van der Waals surface area contributed by atoms with Gasteiger partial charge in [-0.25, -0.2) is 0 Å². The molecule has 15 nitrogen and oxygen atoms in total. The number of nitro groups is 1. The first-order valence-electron chi connectivity index (χ1n) is 23.1. The lowest BCUT2D eigenvalue weighted by atomic mass is 9.55. The molecule has 15 heteroatoms. The van der Waals surface area contributed by atoms with Crippen molar-refractivity contribution in [1.29, 1.82) is 0 Å². The highest BCUT2D eigenvalue weighted by Crippen LogP contribution is 2.62. The minimum Gasteiger partial charge on any atom is -0.459 e. The van der Waals surface area contributed by atoms with Gasteiger partial charge in [0.25, 0.3) is 11.6 Å². The van der Waals surface area contributed by atoms with Gasteiger partial charge in [-0.1, -0.05) is 49.2 Å². The molecule has 0 radical (unpaired) electrons. The summed E-state index contributed by atoms with van der Waals surface area (Å²) >= 11 is 0. The molecule has 2 aliphatic carbocycles. The molecule has 67 heavy (non-hydrogen) atoms. The number of nitrogens with zero attached hydrogens (tertiary/aromatic N) is 3. The fraction of sp³-hybridized carbons (Fsp3) is 0.404. The van der Waals surface area contributed by atoms with E-state index in [-0.39, 0.29) is 69.0 Å². The van der Waals surface area contributed by atoms with Crippen LogP contribution in [0, 0.1) is 27.9 Å². The number of hydrogen-bond acceptors (Lipinski definition) is 13. The molecule has 1 fully saturated rings. The first-order chi connectivity index (χ1) is 32.7. The third-order valence-electron chi connectivity index (χ3n) is 13.1. The zero-order valence-corrected chi connectivity index (χ0v) is 37.6. The van der Waals surface area contributed by atoms with Crippen LogP contribution in [0.5, 0.6) is 28.7 Å². The highest BCUT2D eigenvalue weighted by molar-refractivity contribution is 6.03. The molecule has 2 N–H and O–H groups in total. The quantitative estimate of drug-likeness (QED) is 0.0250. The summed E-state index contributed by atoms with van der Waals surface area (Å²) < 4.78 is 32.3. The summed E-state index contributed by atoms with van der Waals surface area (Å²) in [5.74, 6) is -0.103. The van der Waals surface area contributed by atoms with Gasteiger partial charge in [-0.05, 0) is 116 Å². The zero-order valence-electron chi connectivity index (χ0n) is 37.6. The van der Waals surface area contributed by atoms with Crippen LogP contribution in [0.4, 0.5) is 5.69 Å². The number of ether oxygens (including phenoxy) is 5. The summed E-state index contributed by atoms with van der Waals surface area (Å²) in [5.41, 5.74) is 3.84. The largest absolute Gasteiger partial charge is 0.459 e. The summed E-state index contributed by atoms with van der Waals surface area (Å²) in [6.07, 6.45) is 9.70. The Morgan fingerprint density at radius 2 is 1.72 bits per heavy atom. The number of unbranched alkanes of at least 4 members (excludes halogenated alkanes) is 2. The lowest BCUT2D eigenvalue weighted by molar-refractivity contribution is -0.384. The van der Waals surface area contributed by atoms with Crippen LogP contribution >= 0.6 is 0 Å². The van der Waals surface area contributed by atoms with Gasteiger partial charge in [-0.3, -0.25) is 19.7 Å². The molecule has 2 heterocycles. The highest BCUT2D eigenvalue weighted by Gasteiger charge is 2.65. The lowest BCUT2D eigenvalue weighted by Crippen LogP contribution is -2.70. The Labute approximate surface area is 389 Å². The maximum absolute atomic E-state index is 15.2. The van der Waals surface area contributed by atoms with Crippen LogP contribution < -0.4 is 18.9 Å². The molecule has 1 amide bonds. The lowest BCUT2D eigenvalue weighted by Gasteiger charge is -2.60. The van der Waals surface area contributed by atoms with Crippen molar-refractivity contribution in [2.45, 2.75) is 82.6 Å². The van der Waals surface area contributed by atoms with Crippen LogP contribution in [-0.2, 0) is 16.2 Å². The van der Waals surface area contributed by atoms with Gasteiger partial charge in [-0.15, -0.1) is 6.58 Å². The second-order valence-electron chi connectivity index (χ2n) is 17.3. The molecule has 4 aliphatic rings. The standard InChI is InChI=1S/C52H57N3O12/c1-3-22-54(51(59)37-16-20-46-47(28-37)63-33-62-46)48-30-44(53-65-32-34-14-17-38(18-15-34)55(60)61)42-27-36(11-5-7-23-56)41(13-6-8-24-57)49-43-29-40(66-39-12-9-10-35(26-39)31-58)19-21-45(43)67-52(48,50(42)49)64-25-4-2/h4,9-10,12,14-21,26-29,31,36,41,48-50,56-57H,2-3,5-8,11,13,22-25,30,32-33H2,1H3. The van der Waals surface area contributed by atoms with Crippen molar-refractivity contribution in [2.24, 2.45) is 22.9 Å².